The van der Waals surface area contributed by atoms with Gasteiger partial charge in [0.2, 0.25) is 5.91 Å². The van der Waals surface area contributed by atoms with Crippen LogP contribution < -0.4 is 10.6 Å². The van der Waals surface area contributed by atoms with Crippen molar-refractivity contribution in [2.45, 2.75) is 40.0 Å². The number of carbonyl (C=O) groups is 2. The second kappa shape index (κ2) is 12.3. The molecule has 0 atom stereocenters. The Morgan fingerprint density at radius 2 is 1.84 bits per heavy atom. The van der Waals surface area contributed by atoms with E-state index in [1.165, 1.54) is 11.1 Å². The summed E-state index contributed by atoms with van der Waals surface area (Å²) in [5, 5.41) is 5.56. The van der Waals surface area contributed by atoms with Gasteiger partial charge in [-0.2, -0.15) is 0 Å². The van der Waals surface area contributed by atoms with Crippen molar-refractivity contribution >= 4 is 11.8 Å². The zero-order chi connectivity index (χ0) is 22.6. The van der Waals surface area contributed by atoms with Crippen molar-refractivity contribution in [3.63, 3.8) is 0 Å². The number of hydrogen-bond donors (Lipinski definition) is 3. The predicted molar refractivity (Wildman–Crippen MR) is 124 cm³/mol. The van der Waals surface area contributed by atoms with Crippen molar-refractivity contribution in [3.8, 4) is 0 Å². The highest BCUT2D eigenvalue weighted by atomic mass is 16.2. The van der Waals surface area contributed by atoms with Crippen LogP contribution >= 0.6 is 0 Å². The zero-order valence-electron chi connectivity index (χ0n) is 18.8. The van der Waals surface area contributed by atoms with Crippen molar-refractivity contribution in [1.82, 2.24) is 20.6 Å². The number of nitrogens with zero attached hydrogens (tertiary/aromatic N) is 1. The van der Waals surface area contributed by atoms with Gasteiger partial charge in [0, 0.05) is 43.1 Å². The van der Waals surface area contributed by atoms with Gasteiger partial charge in [0.05, 0.1) is 6.33 Å². The van der Waals surface area contributed by atoms with E-state index >= 15 is 0 Å². The van der Waals surface area contributed by atoms with Gasteiger partial charge in [-0.3, -0.25) is 9.59 Å². The summed E-state index contributed by atoms with van der Waals surface area (Å²) in [4.78, 5) is 32.1. The lowest BCUT2D eigenvalue weighted by Crippen LogP contribution is -2.27. The number of carbonyl (C=O) groups excluding carboxylic acids is 2. The minimum atomic E-state index is -0.211. The molecule has 2 aromatic rings. The van der Waals surface area contributed by atoms with Crippen LogP contribution in [0.15, 0.2) is 77.3 Å². The summed E-state index contributed by atoms with van der Waals surface area (Å²) in [6, 6.07) is 10.2. The second-order valence-corrected chi connectivity index (χ2v) is 7.41. The smallest absolute Gasteiger partial charge is 0.251 e. The SMILES string of the molecule is CC/C(C)=C(/C=C(\C=C(/C)C(=O)NC)C(=O)NCCc1cnc[nH]1)Cc1ccccc1. The summed E-state index contributed by atoms with van der Waals surface area (Å²) in [5.74, 6) is -0.422. The average molecular weight is 421 g/mol. The molecule has 0 unspecified atom stereocenters. The third-order valence-electron chi connectivity index (χ3n) is 5.10. The molecule has 6 nitrogen and oxygen atoms in total. The minimum absolute atomic E-state index is 0.211. The lowest BCUT2D eigenvalue weighted by Gasteiger charge is -2.12. The summed E-state index contributed by atoms with van der Waals surface area (Å²) in [7, 11) is 1.58. The summed E-state index contributed by atoms with van der Waals surface area (Å²) in [6.07, 6.45) is 9.17. The first-order chi connectivity index (χ1) is 14.9. The maximum absolute atomic E-state index is 13.0. The summed E-state index contributed by atoms with van der Waals surface area (Å²) >= 11 is 0. The van der Waals surface area contributed by atoms with E-state index in [0.29, 0.717) is 24.1 Å². The quantitative estimate of drug-likeness (QED) is 0.405. The number of benzene rings is 1. The van der Waals surface area contributed by atoms with Gasteiger partial charge in [0.15, 0.2) is 0 Å². The maximum atomic E-state index is 13.0. The number of aromatic amines is 1. The van der Waals surface area contributed by atoms with E-state index in [1.807, 2.05) is 24.3 Å². The first-order valence-electron chi connectivity index (χ1n) is 10.5. The van der Waals surface area contributed by atoms with Crippen molar-refractivity contribution in [2.24, 2.45) is 0 Å². The van der Waals surface area contributed by atoms with E-state index < -0.39 is 0 Å². The van der Waals surface area contributed by atoms with Gasteiger partial charge in [-0.1, -0.05) is 42.8 Å². The van der Waals surface area contributed by atoms with Crippen molar-refractivity contribution in [3.05, 3.63) is 88.6 Å². The summed E-state index contributed by atoms with van der Waals surface area (Å²) in [5.41, 5.74) is 5.35. The van der Waals surface area contributed by atoms with E-state index in [-0.39, 0.29) is 11.8 Å². The molecule has 3 N–H and O–H groups in total. The number of H-pyrrole nitrogens is 1. The van der Waals surface area contributed by atoms with Gasteiger partial charge in [-0.05, 0) is 50.0 Å². The van der Waals surface area contributed by atoms with Gasteiger partial charge in [0.1, 0.15) is 0 Å². The molecule has 1 heterocycles. The number of amides is 2. The van der Waals surface area contributed by atoms with Gasteiger partial charge in [0.25, 0.3) is 5.91 Å². The summed E-state index contributed by atoms with van der Waals surface area (Å²) < 4.78 is 0. The molecule has 2 amide bonds. The highest BCUT2D eigenvalue weighted by molar-refractivity contribution is 6.00. The number of imidazole rings is 1. The number of hydrogen-bond acceptors (Lipinski definition) is 3. The molecule has 164 valence electrons. The Bertz CT molecular complexity index is 955. The third kappa shape index (κ3) is 7.74. The molecule has 6 heteroatoms. The first-order valence-corrected chi connectivity index (χ1v) is 10.5. The fraction of sp³-hybridized carbons (Fsp3) is 0.320. The molecule has 1 aromatic heterocycles. The van der Waals surface area contributed by atoms with Gasteiger partial charge < -0.3 is 15.6 Å². The van der Waals surface area contributed by atoms with Gasteiger partial charge in [-0.25, -0.2) is 4.98 Å². The lowest BCUT2D eigenvalue weighted by molar-refractivity contribution is -0.117. The maximum Gasteiger partial charge on any atom is 0.251 e. The molecule has 1 aromatic carbocycles. The molecule has 0 radical (unpaired) electrons. The molecule has 31 heavy (non-hydrogen) atoms. The number of nitrogens with one attached hydrogen (secondary N) is 3. The van der Waals surface area contributed by atoms with E-state index in [1.54, 1.807) is 32.6 Å². The second-order valence-electron chi connectivity index (χ2n) is 7.41. The highest BCUT2D eigenvalue weighted by Crippen LogP contribution is 2.19. The van der Waals surface area contributed by atoms with Crippen molar-refractivity contribution in [2.75, 3.05) is 13.6 Å². The molecule has 0 aliphatic heterocycles. The van der Waals surface area contributed by atoms with Crippen LogP contribution in [0.1, 0.15) is 38.4 Å². The molecule has 0 bridgehead atoms. The number of likely N-dealkylation sites (N-methyl/N-ethyl adjacent to an activating group) is 1. The Balaban J connectivity index is 2.31. The largest absolute Gasteiger partial charge is 0.355 e. The van der Waals surface area contributed by atoms with E-state index in [2.05, 4.69) is 46.6 Å². The highest BCUT2D eigenvalue weighted by Gasteiger charge is 2.12. The van der Waals surface area contributed by atoms with Gasteiger partial charge in [-0.15, -0.1) is 0 Å². The Hall–Kier alpha value is -3.41. The molecule has 0 saturated carbocycles. The Morgan fingerprint density at radius 3 is 2.45 bits per heavy atom. The van der Waals surface area contributed by atoms with Gasteiger partial charge >= 0.3 is 0 Å². The van der Waals surface area contributed by atoms with Crippen LogP contribution in [0.3, 0.4) is 0 Å². The Kier molecular flexibility index (Phi) is 9.49. The summed E-state index contributed by atoms with van der Waals surface area (Å²) in [6.45, 7) is 6.36. The Labute approximate surface area is 184 Å². The number of allylic oxidation sites excluding steroid dienone is 3. The minimum Gasteiger partial charge on any atom is -0.355 e. The molecule has 0 spiro atoms. The fourth-order valence-electron chi connectivity index (χ4n) is 3.06. The van der Waals surface area contributed by atoms with Crippen molar-refractivity contribution in [1.29, 1.82) is 0 Å². The normalized spacial score (nSPS) is 12.9. The predicted octanol–water partition coefficient (Wildman–Crippen LogP) is 3.66. The van der Waals surface area contributed by atoms with E-state index in [9.17, 15) is 9.59 Å². The van der Waals surface area contributed by atoms with Crippen LogP contribution in [0.4, 0.5) is 0 Å². The first kappa shape index (κ1) is 23.9. The molecule has 0 saturated heterocycles. The molecular weight excluding hydrogens is 388 g/mol. The monoisotopic (exact) mass is 420 g/mol. The lowest BCUT2D eigenvalue weighted by atomic mass is 9.96. The zero-order valence-corrected chi connectivity index (χ0v) is 18.8. The van der Waals surface area contributed by atoms with Crippen LogP contribution in [0.2, 0.25) is 0 Å². The molecule has 0 aliphatic rings. The van der Waals surface area contributed by atoms with E-state index in [0.717, 1.165) is 24.1 Å². The van der Waals surface area contributed by atoms with Crippen LogP contribution in [0, 0.1) is 0 Å². The van der Waals surface area contributed by atoms with Crippen LogP contribution in [-0.2, 0) is 22.4 Å². The van der Waals surface area contributed by atoms with Crippen LogP contribution in [-0.4, -0.2) is 35.4 Å². The standard InChI is InChI=1S/C25H32N4O2/c1-5-18(2)21(14-20-9-7-6-8-10-20)15-22(13-19(3)24(30)26-4)25(31)28-12-11-23-16-27-17-29-23/h6-10,13,15-17H,5,11-12,14H2,1-4H3,(H,26,30)(H,27,29)(H,28,31)/b19-13+,21-18+,22-15+. The topological polar surface area (TPSA) is 86.9 Å². The number of rotatable bonds is 10. The Morgan fingerprint density at radius 1 is 1.10 bits per heavy atom. The molecule has 0 aliphatic carbocycles. The van der Waals surface area contributed by atoms with Crippen LogP contribution in [0.5, 0.6) is 0 Å². The van der Waals surface area contributed by atoms with Crippen molar-refractivity contribution < 1.29 is 9.59 Å². The molecule has 2 rings (SSSR count). The van der Waals surface area contributed by atoms with E-state index in [4.69, 9.17) is 0 Å². The number of aromatic nitrogens is 2. The molecule has 0 fully saturated rings. The average Bonchev–Trinajstić information content (AvgIpc) is 3.30. The third-order valence-corrected chi connectivity index (χ3v) is 5.10. The molecular formula is C25H32N4O2. The van der Waals surface area contributed by atoms with Crippen LogP contribution in [0.25, 0.3) is 0 Å². The fourth-order valence-corrected chi connectivity index (χ4v) is 3.06.